The van der Waals surface area contributed by atoms with E-state index in [-0.39, 0.29) is 23.2 Å². The molecule has 0 aromatic heterocycles. The Morgan fingerprint density at radius 3 is 1.43 bits per heavy atom. The molecule has 1 aliphatic heterocycles. The first-order chi connectivity index (χ1) is 13.5. The Morgan fingerprint density at radius 1 is 0.714 bits per heavy atom. The van der Waals surface area contributed by atoms with E-state index < -0.39 is 29.1 Å². The van der Waals surface area contributed by atoms with Crippen LogP contribution in [-0.4, -0.2) is 29.2 Å². The van der Waals surface area contributed by atoms with Gasteiger partial charge in [-0.05, 0) is 24.6 Å². The van der Waals surface area contributed by atoms with Gasteiger partial charge in [0, 0.05) is 29.8 Å². The second-order valence-corrected chi connectivity index (χ2v) is 7.04. The Kier molecular flexibility index (Phi) is 4.96. The number of β-amino-alcohol motifs (C(OH)–C–C–N with tert-alkyl or cyclic N) is 1. The summed E-state index contributed by atoms with van der Waals surface area (Å²) in [4.78, 5) is 1.77. The van der Waals surface area contributed by atoms with Crippen LogP contribution in [-0.2, 0) is 5.54 Å². The summed E-state index contributed by atoms with van der Waals surface area (Å²) in [7, 11) is 0. The van der Waals surface area contributed by atoms with Gasteiger partial charge in [-0.2, -0.15) is 0 Å². The molecule has 2 nitrogen and oxygen atoms in total. The van der Waals surface area contributed by atoms with E-state index in [1.54, 1.807) is 59.5 Å². The molecule has 1 aliphatic rings. The van der Waals surface area contributed by atoms with Gasteiger partial charge in [-0.1, -0.05) is 54.6 Å². The van der Waals surface area contributed by atoms with Crippen LogP contribution in [0.15, 0.2) is 72.8 Å². The quantitative estimate of drug-likeness (QED) is 0.673. The fourth-order valence-electron chi connectivity index (χ4n) is 4.26. The number of hydrogen-bond acceptors (Lipinski definition) is 2. The van der Waals surface area contributed by atoms with Gasteiger partial charge in [0.2, 0.25) is 0 Å². The minimum absolute atomic E-state index is 0.152. The summed E-state index contributed by atoms with van der Waals surface area (Å²) in [6.07, 6.45) is -0.205. The maximum absolute atomic E-state index is 15.1. The normalized spacial score (nSPS) is 17.8. The van der Waals surface area contributed by atoms with Crippen molar-refractivity contribution in [1.29, 1.82) is 0 Å². The van der Waals surface area contributed by atoms with Crippen molar-refractivity contribution >= 4 is 0 Å². The smallest absolute Gasteiger partial charge is 0.128 e. The first-order valence-electron chi connectivity index (χ1n) is 9.23. The summed E-state index contributed by atoms with van der Waals surface area (Å²) in [5.41, 5.74) is -1.09. The molecule has 0 radical (unpaired) electrons. The van der Waals surface area contributed by atoms with Gasteiger partial charge in [-0.15, -0.1) is 0 Å². The van der Waals surface area contributed by atoms with Crippen LogP contribution in [0.4, 0.5) is 13.2 Å². The second kappa shape index (κ2) is 7.41. The summed E-state index contributed by atoms with van der Waals surface area (Å²) in [6.45, 7) is 0.551. The molecular formula is C23H20F3NO. The van der Waals surface area contributed by atoms with Crippen LogP contribution in [0.1, 0.15) is 23.1 Å². The standard InChI is InChI=1S/C23H20F3NO/c24-20-10-4-1-7-17(20)23(27-14-13-16(28)15-27,18-8-2-5-11-21(18)25)19-9-3-6-12-22(19)26/h1-12,16,28H,13-15H2. The first-order valence-corrected chi connectivity index (χ1v) is 9.23. The topological polar surface area (TPSA) is 23.5 Å². The maximum atomic E-state index is 15.1. The molecule has 4 rings (SSSR count). The molecule has 1 fully saturated rings. The fourth-order valence-corrected chi connectivity index (χ4v) is 4.26. The Labute approximate surface area is 161 Å². The number of rotatable bonds is 4. The Bertz CT molecular complexity index is 880. The summed E-state index contributed by atoms with van der Waals surface area (Å²) in [6, 6.07) is 18.1. The average Bonchev–Trinajstić information content (AvgIpc) is 3.13. The minimum atomic E-state index is -1.54. The summed E-state index contributed by atoms with van der Waals surface area (Å²) >= 11 is 0. The lowest BCUT2D eigenvalue weighted by atomic mass is 9.75. The lowest BCUT2D eigenvalue weighted by Crippen LogP contribution is -2.49. The van der Waals surface area contributed by atoms with Crippen LogP contribution in [0.25, 0.3) is 0 Å². The van der Waals surface area contributed by atoms with Crippen molar-refractivity contribution in [2.75, 3.05) is 13.1 Å². The maximum Gasteiger partial charge on any atom is 0.128 e. The van der Waals surface area contributed by atoms with Gasteiger partial charge in [0.15, 0.2) is 0 Å². The highest BCUT2D eigenvalue weighted by atomic mass is 19.1. The van der Waals surface area contributed by atoms with E-state index in [2.05, 4.69) is 0 Å². The molecule has 28 heavy (non-hydrogen) atoms. The van der Waals surface area contributed by atoms with E-state index in [4.69, 9.17) is 0 Å². The molecule has 0 aliphatic carbocycles. The van der Waals surface area contributed by atoms with Gasteiger partial charge in [-0.25, -0.2) is 13.2 Å². The van der Waals surface area contributed by atoms with Crippen LogP contribution >= 0.6 is 0 Å². The van der Waals surface area contributed by atoms with E-state index in [1.807, 2.05) is 0 Å². The van der Waals surface area contributed by atoms with Gasteiger partial charge >= 0.3 is 0 Å². The summed E-state index contributed by atoms with van der Waals surface area (Å²) in [5.74, 6) is -1.68. The zero-order valence-corrected chi connectivity index (χ0v) is 15.2. The highest BCUT2D eigenvalue weighted by molar-refractivity contribution is 5.51. The molecule has 3 aromatic carbocycles. The number of hydrogen-bond donors (Lipinski definition) is 1. The van der Waals surface area contributed by atoms with Crippen molar-refractivity contribution in [3.05, 3.63) is 107 Å². The van der Waals surface area contributed by atoms with E-state index in [0.717, 1.165) is 0 Å². The number of halogens is 3. The third-order valence-corrected chi connectivity index (χ3v) is 5.43. The number of nitrogens with zero attached hydrogens (tertiary/aromatic N) is 1. The minimum Gasteiger partial charge on any atom is -0.392 e. The van der Waals surface area contributed by atoms with Gasteiger partial charge in [-0.3, -0.25) is 4.90 Å². The van der Waals surface area contributed by atoms with Crippen molar-refractivity contribution in [2.24, 2.45) is 0 Å². The number of aliphatic hydroxyl groups is 1. The summed E-state index contributed by atoms with van der Waals surface area (Å²) in [5, 5.41) is 10.2. The fraction of sp³-hybridized carbons (Fsp3) is 0.217. The van der Waals surface area contributed by atoms with E-state index in [0.29, 0.717) is 13.0 Å². The largest absolute Gasteiger partial charge is 0.392 e. The van der Waals surface area contributed by atoms with Crippen molar-refractivity contribution in [3.63, 3.8) is 0 Å². The van der Waals surface area contributed by atoms with Crippen LogP contribution in [0, 0.1) is 17.5 Å². The Hall–Kier alpha value is -2.63. The average molecular weight is 383 g/mol. The molecule has 0 bridgehead atoms. The van der Waals surface area contributed by atoms with Gasteiger partial charge in [0.1, 0.15) is 23.0 Å². The Morgan fingerprint density at radius 2 is 1.11 bits per heavy atom. The van der Waals surface area contributed by atoms with Crippen LogP contribution in [0.2, 0.25) is 0 Å². The molecule has 1 atom stereocenters. The molecule has 0 amide bonds. The molecule has 1 saturated heterocycles. The van der Waals surface area contributed by atoms with E-state index in [9.17, 15) is 5.11 Å². The third-order valence-electron chi connectivity index (χ3n) is 5.43. The highest BCUT2D eigenvalue weighted by Crippen LogP contribution is 2.46. The van der Waals surface area contributed by atoms with Gasteiger partial charge in [0.05, 0.1) is 6.10 Å². The SMILES string of the molecule is OC1CCN(C(c2ccccc2F)(c2ccccc2F)c2ccccc2F)C1. The molecule has 144 valence electrons. The van der Waals surface area contributed by atoms with E-state index in [1.165, 1.54) is 18.2 Å². The molecule has 1 heterocycles. The molecule has 3 aromatic rings. The molecule has 1 N–H and O–H groups in total. The monoisotopic (exact) mass is 383 g/mol. The zero-order chi connectivity index (χ0) is 19.7. The van der Waals surface area contributed by atoms with Crippen molar-refractivity contribution in [2.45, 2.75) is 18.1 Å². The van der Waals surface area contributed by atoms with Crippen molar-refractivity contribution < 1.29 is 18.3 Å². The molecule has 0 spiro atoms. The number of aliphatic hydroxyl groups excluding tert-OH is 1. The zero-order valence-electron chi connectivity index (χ0n) is 15.2. The predicted molar refractivity (Wildman–Crippen MR) is 101 cm³/mol. The molecule has 0 saturated carbocycles. The number of likely N-dealkylation sites (tertiary alicyclic amines) is 1. The lowest BCUT2D eigenvalue weighted by molar-refractivity contribution is 0.135. The Balaban J connectivity index is 2.13. The summed E-state index contributed by atoms with van der Waals surface area (Å²) < 4.78 is 45.4. The molecule has 1 unspecified atom stereocenters. The number of benzene rings is 3. The molecular weight excluding hydrogens is 363 g/mol. The highest BCUT2D eigenvalue weighted by Gasteiger charge is 2.49. The first kappa shape index (κ1) is 18.7. The van der Waals surface area contributed by atoms with Crippen LogP contribution in [0.5, 0.6) is 0 Å². The van der Waals surface area contributed by atoms with Crippen LogP contribution in [0.3, 0.4) is 0 Å². The van der Waals surface area contributed by atoms with Crippen LogP contribution < -0.4 is 0 Å². The van der Waals surface area contributed by atoms with Gasteiger partial charge < -0.3 is 5.11 Å². The predicted octanol–water partition coefficient (Wildman–Crippen LogP) is 4.46. The molecule has 5 heteroatoms. The third kappa shape index (κ3) is 2.91. The lowest BCUT2D eigenvalue weighted by Gasteiger charge is -2.43. The van der Waals surface area contributed by atoms with Crippen molar-refractivity contribution in [1.82, 2.24) is 4.90 Å². The van der Waals surface area contributed by atoms with E-state index >= 15 is 13.2 Å². The van der Waals surface area contributed by atoms with Crippen molar-refractivity contribution in [3.8, 4) is 0 Å². The second-order valence-electron chi connectivity index (χ2n) is 7.04. The van der Waals surface area contributed by atoms with Gasteiger partial charge in [0.25, 0.3) is 0 Å².